The number of halogens is 1. The summed E-state index contributed by atoms with van der Waals surface area (Å²) in [6.07, 6.45) is 7.91. The Kier molecular flexibility index (Phi) is 5.12. The van der Waals surface area contributed by atoms with Gasteiger partial charge in [-0.15, -0.1) is 0 Å². The molecule has 4 rings (SSSR count). The lowest BCUT2D eigenvalue weighted by Gasteiger charge is -2.32. The zero-order valence-electron chi connectivity index (χ0n) is 15.3. The first-order valence-electron chi connectivity index (χ1n) is 9.46. The van der Waals surface area contributed by atoms with Gasteiger partial charge < -0.3 is 5.32 Å². The van der Waals surface area contributed by atoms with Crippen molar-refractivity contribution >= 4 is 34.2 Å². The number of nitrogens with zero attached hydrogens (tertiary/aromatic N) is 2. The van der Waals surface area contributed by atoms with E-state index in [4.69, 9.17) is 11.6 Å². The summed E-state index contributed by atoms with van der Waals surface area (Å²) in [5.74, 6) is 0.984. The number of hydrogen-bond acceptors (Lipinski definition) is 3. The zero-order chi connectivity index (χ0) is 18.8. The smallest absolute Gasteiger partial charge is 0.227 e. The molecule has 6 heteroatoms. The largest absolute Gasteiger partial charge is 0.326 e. The molecule has 0 aliphatic heterocycles. The molecule has 2 N–H and O–H groups in total. The van der Waals surface area contributed by atoms with Crippen LogP contribution in [-0.4, -0.2) is 21.1 Å². The highest BCUT2D eigenvalue weighted by molar-refractivity contribution is 6.30. The number of fused-ring (bicyclic) bond motifs is 1. The zero-order valence-corrected chi connectivity index (χ0v) is 16.0. The molecular formula is C21H23ClN4O. The number of carbonyl (C=O) groups excluding carboxylic acids is 1. The van der Waals surface area contributed by atoms with Crippen molar-refractivity contribution in [2.75, 3.05) is 5.32 Å². The number of nitrogens with one attached hydrogen (secondary N) is 2. The molecule has 1 fully saturated rings. The van der Waals surface area contributed by atoms with Crippen LogP contribution in [0.3, 0.4) is 0 Å². The van der Waals surface area contributed by atoms with Crippen LogP contribution in [0, 0.1) is 11.8 Å². The summed E-state index contributed by atoms with van der Waals surface area (Å²) in [6, 6.07) is 9.35. The van der Waals surface area contributed by atoms with E-state index < -0.39 is 0 Å². The third-order valence-corrected chi connectivity index (χ3v) is 6.07. The predicted molar refractivity (Wildman–Crippen MR) is 108 cm³/mol. The lowest BCUT2D eigenvalue weighted by atomic mass is 9.74. The minimum atomic E-state index is -0.00811. The third-order valence-electron chi connectivity index (χ3n) is 5.82. The van der Waals surface area contributed by atoms with Crippen LogP contribution in [-0.2, 0) is 4.79 Å². The van der Waals surface area contributed by atoms with Gasteiger partial charge >= 0.3 is 0 Å². The van der Waals surface area contributed by atoms with E-state index >= 15 is 0 Å². The molecule has 5 nitrogen and oxygen atoms in total. The van der Waals surface area contributed by atoms with Crippen LogP contribution in [0.1, 0.15) is 44.1 Å². The van der Waals surface area contributed by atoms with Crippen LogP contribution in [0.2, 0.25) is 5.02 Å². The fourth-order valence-corrected chi connectivity index (χ4v) is 4.27. The van der Waals surface area contributed by atoms with Crippen molar-refractivity contribution < 1.29 is 4.79 Å². The van der Waals surface area contributed by atoms with E-state index in [1.165, 1.54) is 5.56 Å². The van der Waals surface area contributed by atoms with Crippen LogP contribution in [0.5, 0.6) is 0 Å². The second-order valence-corrected chi connectivity index (χ2v) is 7.86. The Morgan fingerprint density at radius 1 is 1.19 bits per heavy atom. The number of H-pyrrole nitrogens is 1. The first-order valence-corrected chi connectivity index (χ1v) is 9.84. The number of benzene rings is 1. The number of carbonyl (C=O) groups is 1. The molecule has 1 amide bonds. The van der Waals surface area contributed by atoms with Crippen LogP contribution >= 0.6 is 11.6 Å². The molecule has 2 heterocycles. The van der Waals surface area contributed by atoms with Crippen LogP contribution in [0.15, 0.2) is 42.7 Å². The topological polar surface area (TPSA) is 70.7 Å². The Bertz CT molecular complexity index is 929. The standard InChI is InChI=1S/C21H23ClN4O/c1-13(21(27)25-17-8-6-16(22)7-9-17)14-2-4-15(5-3-14)18-10-11-23-19-12-24-26-20(18)19/h6-15H,2-5H2,1H3,(H,24,26)(H,25,27). The van der Waals surface area contributed by atoms with E-state index in [-0.39, 0.29) is 11.8 Å². The number of aromatic nitrogens is 3. The van der Waals surface area contributed by atoms with Gasteiger partial charge in [-0.25, -0.2) is 0 Å². The summed E-state index contributed by atoms with van der Waals surface area (Å²) >= 11 is 5.90. The lowest BCUT2D eigenvalue weighted by molar-refractivity contribution is -0.121. The molecule has 0 radical (unpaired) electrons. The molecule has 3 aromatic rings. The van der Waals surface area contributed by atoms with Gasteiger partial charge in [-0.2, -0.15) is 5.10 Å². The molecule has 1 aliphatic rings. The van der Waals surface area contributed by atoms with Gasteiger partial charge in [0.2, 0.25) is 5.91 Å². The highest BCUT2D eigenvalue weighted by Crippen LogP contribution is 2.40. The van der Waals surface area contributed by atoms with E-state index in [0.717, 1.165) is 42.4 Å². The van der Waals surface area contributed by atoms with Gasteiger partial charge in [0.05, 0.1) is 11.7 Å². The molecule has 0 bridgehead atoms. The average Bonchev–Trinajstić information content (AvgIpc) is 3.18. The Balaban J connectivity index is 1.37. The van der Waals surface area contributed by atoms with Crippen molar-refractivity contribution in [3.63, 3.8) is 0 Å². The van der Waals surface area contributed by atoms with Crippen LogP contribution in [0.4, 0.5) is 5.69 Å². The van der Waals surface area contributed by atoms with Gasteiger partial charge in [0.15, 0.2) is 0 Å². The Morgan fingerprint density at radius 2 is 1.93 bits per heavy atom. The summed E-state index contributed by atoms with van der Waals surface area (Å²) in [7, 11) is 0. The fourth-order valence-electron chi connectivity index (χ4n) is 4.15. The van der Waals surface area contributed by atoms with Crippen molar-refractivity contribution in [1.82, 2.24) is 15.2 Å². The highest BCUT2D eigenvalue weighted by Gasteiger charge is 2.30. The van der Waals surface area contributed by atoms with Crippen molar-refractivity contribution in [2.45, 2.75) is 38.5 Å². The Labute approximate surface area is 163 Å². The summed E-state index contributed by atoms with van der Waals surface area (Å²) in [6.45, 7) is 2.04. The second kappa shape index (κ2) is 7.69. The van der Waals surface area contributed by atoms with Gasteiger partial charge in [-0.1, -0.05) is 18.5 Å². The fraction of sp³-hybridized carbons (Fsp3) is 0.381. The van der Waals surface area contributed by atoms with Gasteiger partial charge in [0.25, 0.3) is 0 Å². The van der Waals surface area contributed by atoms with Crippen molar-refractivity contribution in [1.29, 1.82) is 0 Å². The molecule has 2 aromatic heterocycles. The summed E-state index contributed by atoms with van der Waals surface area (Å²) in [5, 5.41) is 10.9. The monoisotopic (exact) mass is 382 g/mol. The van der Waals surface area contributed by atoms with Crippen molar-refractivity contribution in [3.05, 3.63) is 53.3 Å². The maximum atomic E-state index is 12.6. The van der Waals surface area contributed by atoms with Gasteiger partial charge in [0, 0.05) is 22.8 Å². The first-order chi connectivity index (χ1) is 13.1. The number of hydrogen-bond donors (Lipinski definition) is 2. The maximum absolute atomic E-state index is 12.6. The molecule has 1 atom stereocenters. The molecular weight excluding hydrogens is 360 g/mol. The normalized spacial score (nSPS) is 21.1. The molecule has 1 unspecified atom stereocenters. The quantitative estimate of drug-likeness (QED) is 0.654. The SMILES string of the molecule is CC(C(=O)Nc1ccc(Cl)cc1)C1CCC(c2ccnc3cn[nH]c23)CC1. The van der Waals surface area contributed by atoms with Gasteiger partial charge in [-0.3, -0.25) is 14.9 Å². The van der Waals surface area contributed by atoms with E-state index in [0.29, 0.717) is 16.9 Å². The molecule has 140 valence electrons. The maximum Gasteiger partial charge on any atom is 0.227 e. The minimum absolute atomic E-state index is 0.00811. The highest BCUT2D eigenvalue weighted by atomic mass is 35.5. The van der Waals surface area contributed by atoms with Gasteiger partial charge in [0.1, 0.15) is 5.52 Å². The van der Waals surface area contributed by atoms with Gasteiger partial charge in [-0.05, 0) is 73.4 Å². The number of aromatic amines is 1. The van der Waals surface area contributed by atoms with Crippen LogP contribution in [0.25, 0.3) is 11.0 Å². The predicted octanol–water partition coefficient (Wildman–Crippen LogP) is 5.16. The van der Waals surface area contributed by atoms with Crippen molar-refractivity contribution in [3.8, 4) is 0 Å². The van der Waals surface area contributed by atoms with E-state index in [1.807, 2.05) is 25.3 Å². The summed E-state index contributed by atoms with van der Waals surface area (Å²) < 4.78 is 0. The summed E-state index contributed by atoms with van der Waals surface area (Å²) in [4.78, 5) is 17.0. The Morgan fingerprint density at radius 3 is 2.67 bits per heavy atom. The molecule has 1 saturated carbocycles. The number of anilines is 1. The molecule has 1 aromatic carbocycles. The van der Waals surface area contributed by atoms with E-state index in [2.05, 4.69) is 26.6 Å². The third kappa shape index (κ3) is 3.83. The van der Waals surface area contributed by atoms with E-state index in [9.17, 15) is 4.79 Å². The molecule has 0 spiro atoms. The number of pyridine rings is 1. The Hall–Kier alpha value is -2.40. The second-order valence-electron chi connectivity index (χ2n) is 7.43. The molecule has 0 saturated heterocycles. The first kappa shape index (κ1) is 18.0. The molecule has 27 heavy (non-hydrogen) atoms. The lowest BCUT2D eigenvalue weighted by Crippen LogP contribution is -2.29. The number of rotatable bonds is 4. The van der Waals surface area contributed by atoms with Crippen molar-refractivity contribution in [2.24, 2.45) is 11.8 Å². The number of amides is 1. The average molecular weight is 383 g/mol. The minimum Gasteiger partial charge on any atom is -0.326 e. The van der Waals surface area contributed by atoms with E-state index in [1.54, 1.807) is 18.3 Å². The van der Waals surface area contributed by atoms with Crippen LogP contribution < -0.4 is 5.32 Å². The summed E-state index contributed by atoms with van der Waals surface area (Å²) in [5.41, 5.74) is 4.07. The molecule has 1 aliphatic carbocycles.